The number of nitrogens with zero attached hydrogens (tertiary/aromatic N) is 4. The van der Waals surface area contributed by atoms with Crippen LogP contribution >= 0.6 is 22.9 Å². The Morgan fingerprint density at radius 3 is 2.51 bits per heavy atom. The molecule has 0 unspecified atom stereocenters. The number of aliphatic hydroxyl groups excluding tert-OH is 1. The number of fused-ring (bicyclic) bond motifs is 5. The molecule has 9 rings (SSSR count). The molecule has 2 aliphatic heterocycles. The molecule has 3 fully saturated rings. The Hall–Kier alpha value is -5.10. The van der Waals surface area contributed by atoms with E-state index in [9.17, 15) is 24.3 Å². The Bertz CT molecular complexity index is 2460. The lowest BCUT2D eigenvalue weighted by molar-refractivity contribution is -0.131. The van der Waals surface area contributed by atoms with E-state index < -0.39 is 40.9 Å². The highest BCUT2D eigenvalue weighted by Gasteiger charge is 2.68. The van der Waals surface area contributed by atoms with Crippen LogP contribution < -0.4 is 9.80 Å². The maximum atomic E-state index is 15.0. The van der Waals surface area contributed by atoms with Gasteiger partial charge in [0.15, 0.2) is 0 Å². The van der Waals surface area contributed by atoms with Crippen molar-refractivity contribution in [1.29, 1.82) is 0 Å². The highest BCUT2D eigenvalue weighted by atomic mass is 35.5. The molecule has 3 aromatic heterocycles. The quantitative estimate of drug-likeness (QED) is 0.142. The van der Waals surface area contributed by atoms with Crippen LogP contribution in [-0.4, -0.2) is 38.5 Å². The number of hydrogen-bond donors (Lipinski definition) is 1. The second-order valence-corrected chi connectivity index (χ2v) is 16.1. The molecular formula is C41H35ClN4O6S. The summed E-state index contributed by atoms with van der Waals surface area (Å²) in [6.45, 7) is 7.26. The summed E-state index contributed by atoms with van der Waals surface area (Å²) >= 11 is 7.87. The third kappa shape index (κ3) is 4.70. The molecule has 4 amide bonds. The molecule has 5 heterocycles. The summed E-state index contributed by atoms with van der Waals surface area (Å²) in [6, 6.07) is 18.0. The highest BCUT2D eigenvalue weighted by Crippen LogP contribution is 2.64. The Balaban J connectivity index is 1.13. The van der Waals surface area contributed by atoms with Crippen molar-refractivity contribution in [1.82, 2.24) is 9.78 Å². The van der Waals surface area contributed by atoms with Crippen LogP contribution in [0.2, 0.25) is 5.02 Å². The molecule has 0 spiro atoms. The first-order valence-corrected chi connectivity index (χ1v) is 18.8. The first-order valence-electron chi connectivity index (χ1n) is 17.6. The van der Waals surface area contributed by atoms with E-state index in [1.54, 1.807) is 66.4 Å². The molecule has 1 saturated carbocycles. The second-order valence-electron chi connectivity index (χ2n) is 14.6. The van der Waals surface area contributed by atoms with Crippen molar-refractivity contribution in [2.24, 2.45) is 36.1 Å². The van der Waals surface area contributed by atoms with Crippen LogP contribution in [-0.2, 0) is 32.8 Å². The summed E-state index contributed by atoms with van der Waals surface area (Å²) in [5, 5.41) is 16.4. The number of imide groups is 2. The number of aryl methyl sites for hydroxylation is 2. The minimum atomic E-state index is -1.29. The molecule has 2 aliphatic carbocycles. The van der Waals surface area contributed by atoms with Gasteiger partial charge in [-0.15, -0.1) is 11.3 Å². The number of amides is 4. The van der Waals surface area contributed by atoms with E-state index in [1.165, 1.54) is 9.80 Å². The highest BCUT2D eigenvalue weighted by molar-refractivity contribution is 7.22. The number of aromatic nitrogens is 2. The summed E-state index contributed by atoms with van der Waals surface area (Å²) in [5.74, 6) is -3.66. The average molecular weight is 747 g/mol. The lowest BCUT2D eigenvalue weighted by atomic mass is 9.52. The van der Waals surface area contributed by atoms with Gasteiger partial charge < -0.3 is 9.52 Å². The third-order valence-electron chi connectivity index (χ3n) is 12.0. The molecule has 1 N–H and O–H groups in total. The fourth-order valence-electron chi connectivity index (χ4n) is 9.40. The summed E-state index contributed by atoms with van der Waals surface area (Å²) in [4.78, 5) is 61.5. The molecule has 4 aliphatic rings. The molecule has 2 saturated heterocycles. The summed E-state index contributed by atoms with van der Waals surface area (Å²) in [6.07, 6.45) is 4.19. The maximum absolute atomic E-state index is 15.0. The molecule has 53 heavy (non-hydrogen) atoms. The van der Waals surface area contributed by atoms with Crippen molar-refractivity contribution in [2.75, 3.05) is 9.80 Å². The number of thiophene rings is 1. The largest absolute Gasteiger partial charge is 0.463 e. The van der Waals surface area contributed by atoms with E-state index in [2.05, 4.69) is 6.58 Å². The molecule has 0 bridgehead atoms. The zero-order chi connectivity index (χ0) is 37.1. The van der Waals surface area contributed by atoms with Crippen molar-refractivity contribution >= 4 is 74.2 Å². The van der Waals surface area contributed by atoms with Gasteiger partial charge in [-0.05, 0) is 91.6 Å². The monoisotopic (exact) mass is 746 g/mol. The first kappa shape index (κ1) is 33.7. The van der Waals surface area contributed by atoms with Crippen molar-refractivity contribution in [2.45, 2.75) is 39.2 Å². The third-order valence-corrected chi connectivity index (χ3v) is 13.5. The van der Waals surface area contributed by atoms with Crippen LogP contribution in [0.5, 0.6) is 0 Å². The number of aliphatic hydroxyl groups is 1. The van der Waals surface area contributed by atoms with Crippen LogP contribution in [0.15, 0.2) is 83.3 Å². The van der Waals surface area contributed by atoms with Gasteiger partial charge in [0, 0.05) is 22.8 Å². The number of halogens is 1. The smallest absolute Gasteiger partial charge is 0.242 e. The van der Waals surface area contributed by atoms with Gasteiger partial charge in [-0.1, -0.05) is 48.0 Å². The lowest BCUT2D eigenvalue weighted by Crippen LogP contribution is -2.48. The molecule has 12 heteroatoms. The normalized spacial score (nSPS) is 26.7. The van der Waals surface area contributed by atoms with Gasteiger partial charge in [0.25, 0.3) is 0 Å². The fourth-order valence-corrected chi connectivity index (χ4v) is 10.7. The van der Waals surface area contributed by atoms with E-state index in [4.69, 9.17) is 21.1 Å². The zero-order valence-corrected chi connectivity index (χ0v) is 30.8. The Kier molecular flexibility index (Phi) is 7.61. The second kappa shape index (κ2) is 12.0. The van der Waals surface area contributed by atoms with E-state index in [0.29, 0.717) is 40.2 Å². The number of carbonyl (C=O) groups excluding carboxylic acids is 4. The molecule has 10 nitrogen and oxygen atoms in total. The molecule has 268 valence electrons. The van der Waals surface area contributed by atoms with Crippen molar-refractivity contribution < 1.29 is 28.7 Å². The Labute approximate surface area is 313 Å². The lowest BCUT2D eigenvalue weighted by Gasteiger charge is -2.48. The van der Waals surface area contributed by atoms with Gasteiger partial charge in [-0.25, -0.2) is 4.90 Å². The Morgan fingerprint density at radius 2 is 1.79 bits per heavy atom. The predicted molar refractivity (Wildman–Crippen MR) is 202 cm³/mol. The number of hydrogen-bond acceptors (Lipinski definition) is 8. The minimum absolute atomic E-state index is 0.206. The molecule has 5 aromatic rings. The molecular weight excluding hydrogens is 712 g/mol. The number of anilines is 2. The average Bonchev–Trinajstić information content (AvgIpc) is 3.95. The van der Waals surface area contributed by atoms with Crippen molar-refractivity contribution in [3.8, 4) is 10.6 Å². The van der Waals surface area contributed by atoms with Gasteiger partial charge in [0.1, 0.15) is 29.6 Å². The van der Waals surface area contributed by atoms with Gasteiger partial charge in [0.05, 0.1) is 39.7 Å². The SMILES string of the molecule is C=Cc1ccc(N2C(=O)[C@H]3[C@H](CC=C4[C@H]3C[C@H]3C(=O)N(c5cc(-c6sc7ccc(Cl)cc7c6C)nn5C)C(=O)[C@@]3(C)[C@H]4c3ccc(CO)o3)C2=O)cc1. The summed E-state index contributed by atoms with van der Waals surface area (Å²) in [5.41, 5.74) is 2.49. The van der Waals surface area contributed by atoms with Crippen molar-refractivity contribution in [3.05, 3.63) is 107 Å². The minimum Gasteiger partial charge on any atom is -0.463 e. The summed E-state index contributed by atoms with van der Waals surface area (Å²) in [7, 11) is 1.71. The zero-order valence-electron chi connectivity index (χ0n) is 29.2. The molecule has 2 aromatic carbocycles. The standard InChI is InChI=1S/C41H35ClN4O6S/c1-5-21-6-9-23(10-7-21)45-37(48)26-13-12-25-28(34(26)39(45)50)17-29-38(49)46(40(51)41(29,3)35(25)31-14-11-24(19-47)52-31)33-18-30(43-44(33)4)36-20(2)27-16-22(42)8-15-32(27)53-36/h5-12,14-16,18,26,28-29,34-35,47H,1,13,17,19H2,2-4H3/t26-,28+,29-,34-,35+,41+/m0/s1. The van der Waals surface area contributed by atoms with Gasteiger partial charge in [-0.2, -0.15) is 5.10 Å². The fraction of sp³-hybridized carbons (Fsp3) is 0.293. The first-order chi connectivity index (χ1) is 25.5. The predicted octanol–water partition coefficient (Wildman–Crippen LogP) is 7.43. The molecule has 0 radical (unpaired) electrons. The van der Waals surface area contributed by atoms with Crippen LogP contribution in [0.3, 0.4) is 0 Å². The van der Waals surface area contributed by atoms with E-state index in [-0.39, 0.29) is 30.7 Å². The number of rotatable bonds is 6. The van der Waals surface area contributed by atoms with Crippen LogP contribution in [0.25, 0.3) is 26.7 Å². The van der Waals surface area contributed by atoms with Crippen LogP contribution in [0.4, 0.5) is 11.5 Å². The van der Waals surface area contributed by atoms with Crippen LogP contribution in [0.1, 0.15) is 48.3 Å². The maximum Gasteiger partial charge on any atom is 0.242 e. The topological polar surface area (TPSA) is 126 Å². The number of furan rings is 1. The Morgan fingerprint density at radius 1 is 1.02 bits per heavy atom. The number of carbonyl (C=O) groups is 4. The van der Waals surface area contributed by atoms with Gasteiger partial charge >= 0.3 is 0 Å². The number of allylic oxidation sites excluding steroid dienone is 2. The van der Waals surface area contributed by atoms with E-state index in [1.807, 2.05) is 43.3 Å². The summed E-state index contributed by atoms with van der Waals surface area (Å²) < 4.78 is 8.77. The van der Waals surface area contributed by atoms with Gasteiger partial charge in [-0.3, -0.25) is 28.8 Å². The van der Waals surface area contributed by atoms with Gasteiger partial charge in [0.2, 0.25) is 23.6 Å². The van der Waals surface area contributed by atoms with E-state index >= 15 is 0 Å². The molecule has 6 atom stereocenters. The van der Waals surface area contributed by atoms with Crippen molar-refractivity contribution in [3.63, 3.8) is 0 Å². The number of benzene rings is 2. The van der Waals surface area contributed by atoms with E-state index in [0.717, 1.165) is 31.7 Å². The van der Waals surface area contributed by atoms with Crippen LogP contribution in [0, 0.1) is 36.0 Å².